The highest BCUT2D eigenvalue weighted by Gasteiger charge is 2.10. The second-order valence-corrected chi connectivity index (χ2v) is 4.68. The minimum absolute atomic E-state index is 0.0588. The topological polar surface area (TPSA) is 92.4 Å². The summed E-state index contributed by atoms with van der Waals surface area (Å²) in [5, 5.41) is 11.2. The van der Waals surface area contributed by atoms with Gasteiger partial charge in [0.05, 0.1) is 12.1 Å². The van der Waals surface area contributed by atoms with Gasteiger partial charge in [-0.25, -0.2) is 4.98 Å². The Morgan fingerprint density at radius 3 is 2.67 bits per heavy atom. The van der Waals surface area contributed by atoms with Crippen LogP contribution in [0.25, 0.3) is 11.5 Å². The van der Waals surface area contributed by atoms with Crippen LogP contribution in [-0.2, 0) is 9.59 Å². The molecule has 1 aromatic heterocycles. The van der Waals surface area contributed by atoms with E-state index >= 15 is 0 Å². The Hall–Kier alpha value is -2.63. The number of carbonyl (C=O) groups excluding carboxylic acids is 1. The lowest BCUT2D eigenvalue weighted by atomic mass is 10.2. The highest BCUT2D eigenvalue weighted by Crippen LogP contribution is 2.24. The van der Waals surface area contributed by atoms with Crippen LogP contribution in [0.15, 0.2) is 28.7 Å². The van der Waals surface area contributed by atoms with E-state index in [0.717, 1.165) is 17.0 Å². The van der Waals surface area contributed by atoms with Gasteiger partial charge in [0, 0.05) is 17.7 Å². The van der Waals surface area contributed by atoms with Crippen LogP contribution in [0.3, 0.4) is 0 Å². The minimum Gasteiger partial charge on any atom is -0.481 e. The molecule has 1 amide bonds. The Morgan fingerprint density at radius 1 is 1.29 bits per heavy atom. The lowest BCUT2D eigenvalue weighted by molar-refractivity contribution is -0.138. The van der Waals surface area contributed by atoms with Gasteiger partial charge in [0.2, 0.25) is 11.8 Å². The number of anilines is 1. The lowest BCUT2D eigenvalue weighted by Gasteiger charge is -2.05. The molecule has 1 heterocycles. The number of aromatic nitrogens is 1. The van der Waals surface area contributed by atoms with Gasteiger partial charge in [-0.05, 0) is 32.0 Å². The number of benzene rings is 1. The van der Waals surface area contributed by atoms with Crippen LogP contribution < -0.4 is 5.32 Å². The van der Waals surface area contributed by atoms with E-state index in [1.165, 1.54) is 0 Å². The number of aliphatic carboxylic acids is 1. The molecule has 0 radical (unpaired) electrons. The maximum Gasteiger partial charge on any atom is 0.303 e. The standard InChI is InChI=1S/C15H16N2O4/c1-9-10(2)21-15(16-9)11-4-3-5-12(8-11)17-13(18)6-7-14(19)20/h3-5,8H,6-7H2,1-2H3,(H,17,18)(H,19,20). The molecule has 0 aliphatic rings. The molecule has 0 atom stereocenters. The Morgan fingerprint density at radius 2 is 2.05 bits per heavy atom. The van der Waals surface area contributed by atoms with Gasteiger partial charge in [-0.2, -0.15) is 0 Å². The molecule has 110 valence electrons. The number of carboxylic acid groups (broad SMARTS) is 1. The maximum absolute atomic E-state index is 11.6. The first-order valence-corrected chi connectivity index (χ1v) is 6.52. The number of hydrogen-bond acceptors (Lipinski definition) is 4. The molecule has 1 aromatic carbocycles. The second-order valence-electron chi connectivity index (χ2n) is 4.68. The third kappa shape index (κ3) is 3.92. The quantitative estimate of drug-likeness (QED) is 0.882. The molecule has 2 aromatic rings. The van der Waals surface area contributed by atoms with Gasteiger partial charge < -0.3 is 14.8 Å². The summed E-state index contributed by atoms with van der Waals surface area (Å²) in [6.07, 6.45) is -0.250. The van der Waals surface area contributed by atoms with Gasteiger partial charge in [0.15, 0.2) is 0 Å². The van der Waals surface area contributed by atoms with E-state index in [9.17, 15) is 9.59 Å². The van der Waals surface area contributed by atoms with Crippen LogP contribution in [0, 0.1) is 13.8 Å². The van der Waals surface area contributed by atoms with Crippen molar-refractivity contribution in [3.63, 3.8) is 0 Å². The van der Waals surface area contributed by atoms with Crippen molar-refractivity contribution in [3.8, 4) is 11.5 Å². The lowest BCUT2D eigenvalue weighted by Crippen LogP contribution is -2.13. The Balaban J connectivity index is 2.11. The van der Waals surface area contributed by atoms with Gasteiger partial charge in [0.1, 0.15) is 5.76 Å². The number of nitrogens with zero attached hydrogens (tertiary/aromatic N) is 1. The van der Waals surface area contributed by atoms with Crippen molar-refractivity contribution in [1.29, 1.82) is 0 Å². The predicted molar refractivity (Wildman–Crippen MR) is 76.9 cm³/mol. The third-order valence-electron chi connectivity index (χ3n) is 2.99. The van der Waals surface area contributed by atoms with Crippen molar-refractivity contribution in [3.05, 3.63) is 35.7 Å². The van der Waals surface area contributed by atoms with Crippen LogP contribution in [0.5, 0.6) is 0 Å². The van der Waals surface area contributed by atoms with Crippen molar-refractivity contribution in [1.82, 2.24) is 4.98 Å². The third-order valence-corrected chi connectivity index (χ3v) is 2.99. The monoisotopic (exact) mass is 288 g/mol. The van der Waals surface area contributed by atoms with Crippen molar-refractivity contribution >= 4 is 17.6 Å². The zero-order chi connectivity index (χ0) is 15.4. The fourth-order valence-electron chi connectivity index (χ4n) is 1.77. The fourth-order valence-corrected chi connectivity index (χ4v) is 1.77. The van der Waals surface area contributed by atoms with Gasteiger partial charge >= 0.3 is 5.97 Å². The highest BCUT2D eigenvalue weighted by atomic mass is 16.4. The van der Waals surface area contributed by atoms with Gasteiger partial charge in [-0.1, -0.05) is 6.07 Å². The molecule has 2 rings (SSSR count). The van der Waals surface area contributed by atoms with E-state index in [1.54, 1.807) is 18.2 Å². The van der Waals surface area contributed by atoms with E-state index in [0.29, 0.717) is 11.6 Å². The van der Waals surface area contributed by atoms with Gasteiger partial charge in [-0.15, -0.1) is 0 Å². The van der Waals surface area contributed by atoms with E-state index in [4.69, 9.17) is 9.52 Å². The Kier molecular flexibility index (Phi) is 4.37. The van der Waals surface area contributed by atoms with Crippen molar-refractivity contribution in [2.75, 3.05) is 5.32 Å². The zero-order valence-electron chi connectivity index (χ0n) is 11.8. The van der Waals surface area contributed by atoms with E-state index in [1.807, 2.05) is 19.9 Å². The first kappa shape index (κ1) is 14.8. The number of nitrogens with one attached hydrogen (secondary N) is 1. The zero-order valence-corrected chi connectivity index (χ0v) is 11.8. The molecule has 0 saturated carbocycles. The summed E-state index contributed by atoms with van der Waals surface area (Å²) in [5.41, 5.74) is 2.15. The van der Waals surface area contributed by atoms with E-state index < -0.39 is 5.97 Å². The summed E-state index contributed by atoms with van der Waals surface area (Å²) in [6, 6.07) is 7.07. The number of oxazole rings is 1. The minimum atomic E-state index is -0.996. The largest absolute Gasteiger partial charge is 0.481 e. The summed E-state index contributed by atoms with van der Waals surface area (Å²) >= 11 is 0. The van der Waals surface area contributed by atoms with Gasteiger partial charge in [0.25, 0.3) is 0 Å². The number of aryl methyl sites for hydroxylation is 2. The fraction of sp³-hybridized carbons (Fsp3) is 0.267. The second kappa shape index (κ2) is 6.21. The molecule has 2 N–H and O–H groups in total. The number of amides is 1. The molecule has 21 heavy (non-hydrogen) atoms. The summed E-state index contributed by atoms with van der Waals surface area (Å²) in [5.74, 6) is -0.0912. The summed E-state index contributed by atoms with van der Waals surface area (Å²) < 4.78 is 5.54. The maximum atomic E-state index is 11.6. The Labute approximate surface area is 121 Å². The first-order chi connectivity index (χ1) is 9.95. The number of rotatable bonds is 5. The molecule has 6 heteroatoms. The SMILES string of the molecule is Cc1nc(-c2cccc(NC(=O)CCC(=O)O)c2)oc1C. The van der Waals surface area contributed by atoms with Crippen LogP contribution in [-0.4, -0.2) is 22.0 Å². The summed E-state index contributed by atoms with van der Waals surface area (Å²) in [4.78, 5) is 26.3. The molecule has 0 bridgehead atoms. The molecule has 0 aliphatic carbocycles. The molecule has 0 spiro atoms. The summed E-state index contributed by atoms with van der Waals surface area (Å²) in [7, 11) is 0. The first-order valence-electron chi connectivity index (χ1n) is 6.52. The molecular formula is C15H16N2O4. The number of carboxylic acids is 1. The van der Waals surface area contributed by atoms with Crippen molar-refractivity contribution in [2.24, 2.45) is 0 Å². The van der Waals surface area contributed by atoms with Crippen LogP contribution in [0.4, 0.5) is 5.69 Å². The van der Waals surface area contributed by atoms with Crippen LogP contribution in [0.1, 0.15) is 24.3 Å². The van der Waals surface area contributed by atoms with Crippen LogP contribution in [0.2, 0.25) is 0 Å². The van der Waals surface area contributed by atoms with Gasteiger partial charge in [-0.3, -0.25) is 9.59 Å². The Bertz CT molecular complexity index is 657. The predicted octanol–water partition coefficient (Wildman–Crippen LogP) is 2.76. The van der Waals surface area contributed by atoms with E-state index in [2.05, 4.69) is 10.3 Å². The molecule has 6 nitrogen and oxygen atoms in total. The average Bonchev–Trinajstić information content (AvgIpc) is 2.77. The number of hydrogen-bond donors (Lipinski definition) is 2. The van der Waals surface area contributed by atoms with E-state index in [-0.39, 0.29) is 18.7 Å². The molecular weight excluding hydrogens is 272 g/mol. The highest BCUT2D eigenvalue weighted by molar-refractivity contribution is 5.92. The molecule has 0 fully saturated rings. The normalized spacial score (nSPS) is 10.4. The average molecular weight is 288 g/mol. The molecule has 0 aliphatic heterocycles. The smallest absolute Gasteiger partial charge is 0.303 e. The molecule has 0 saturated heterocycles. The summed E-state index contributed by atoms with van der Waals surface area (Å²) in [6.45, 7) is 3.70. The van der Waals surface area contributed by atoms with Crippen molar-refractivity contribution in [2.45, 2.75) is 26.7 Å². The van der Waals surface area contributed by atoms with Crippen molar-refractivity contribution < 1.29 is 19.1 Å². The van der Waals surface area contributed by atoms with Crippen LogP contribution >= 0.6 is 0 Å². The number of carbonyl (C=O) groups is 2. The molecule has 0 unspecified atom stereocenters.